The number of rotatable bonds is 3. The molecule has 0 unspecified atom stereocenters. The van der Waals surface area contributed by atoms with Crippen LogP contribution >= 0.6 is 0 Å². The molecule has 140 valence electrons. The van der Waals surface area contributed by atoms with Gasteiger partial charge < -0.3 is 14.5 Å². The number of fused-ring (bicyclic) bond motifs is 1. The second-order valence-electron chi connectivity index (χ2n) is 6.92. The van der Waals surface area contributed by atoms with Crippen molar-refractivity contribution in [2.75, 3.05) is 49.2 Å². The lowest BCUT2D eigenvalue weighted by Crippen LogP contribution is -2.48. The summed E-state index contributed by atoms with van der Waals surface area (Å²) in [5.41, 5.74) is 2.70. The summed E-state index contributed by atoms with van der Waals surface area (Å²) < 4.78 is 34.4. The molecule has 0 saturated carbocycles. The Morgan fingerprint density at radius 2 is 1.85 bits per heavy atom. The average molecular weight is 371 g/mol. The van der Waals surface area contributed by atoms with E-state index in [4.69, 9.17) is 4.74 Å². The van der Waals surface area contributed by atoms with E-state index in [2.05, 4.69) is 15.0 Å². The predicted octanol–water partition coefficient (Wildman–Crippen LogP) is 2.55. The summed E-state index contributed by atoms with van der Waals surface area (Å²) in [6.07, 6.45) is 2.76. The van der Waals surface area contributed by atoms with Crippen LogP contribution in [0, 0.1) is 5.82 Å². The third-order valence-corrected chi connectivity index (χ3v) is 5.10. The maximum absolute atomic E-state index is 14.4. The molecule has 27 heavy (non-hydrogen) atoms. The first-order valence-electron chi connectivity index (χ1n) is 9.04. The zero-order chi connectivity index (χ0) is 18.4. The van der Waals surface area contributed by atoms with Crippen molar-refractivity contribution in [2.24, 2.45) is 0 Å². The van der Waals surface area contributed by atoms with Crippen LogP contribution in [0.1, 0.15) is 0 Å². The Balaban J connectivity index is 1.48. The molecule has 0 aliphatic carbocycles. The van der Waals surface area contributed by atoms with Crippen LogP contribution in [-0.2, 0) is 4.74 Å². The zero-order valence-electron chi connectivity index (χ0n) is 14.7. The van der Waals surface area contributed by atoms with Gasteiger partial charge in [-0.05, 0) is 24.3 Å². The number of halogens is 2. The summed E-state index contributed by atoms with van der Waals surface area (Å²) in [4.78, 5) is 8.52. The van der Waals surface area contributed by atoms with E-state index in [1.165, 1.54) is 10.7 Å². The van der Waals surface area contributed by atoms with Crippen LogP contribution < -0.4 is 9.80 Å². The van der Waals surface area contributed by atoms with Gasteiger partial charge in [0.25, 0.3) is 0 Å². The van der Waals surface area contributed by atoms with Gasteiger partial charge in [-0.15, -0.1) is 5.10 Å². The van der Waals surface area contributed by atoms with Crippen molar-refractivity contribution >= 4 is 22.4 Å². The van der Waals surface area contributed by atoms with Gasteiger partial charge in [0.15, 0.2) is 5.65 Å². The summed E-state index contributed by atoms with van der Waals surface area (Å²) in [5.74, 6) is -0.378. The van der Waals surface area contributed by atoms with Gasteiger partial charge in [0.2, 0.25) is 0 Å². The molecular formula is C19H19F2N5O. The lowest BCUT2D eigenvalue weighted by atomic mass is 10.1. The molecule has 2 aliphatic heterocycles. The van der Waals surface area contributed by atoms with Crippen molar-refractivity contribution in [3.8, 4) is 5.69 Å². The molecule has 6 nitrogen and oxygen atoms in total. The number of hydrogen-bond donors (Lipinski definition) is 0. The summed E-state index contributed by atoms with van der Waals surface area (Å²) in [6.45, 7) is 3.73. The molecule has 0 radical (unpaired) electrons. The summed E-state index contributed by atoms with van der Waals surface area (Å²) in [5, 5.41) is 5.26. The van der Waals surface area contributed by atoms with E-state index in [1.54, 1.807) is 24.5 Å². The lowest BCUT2D eigenvalue weighted by molar-refractivity contribution is 0.122. The van der Waals surface area contributed by atoms with Crippen molar-refractivity contribution in [1.29, 1.82) is 0 Å². The van der Waals surface area contributed by atoms with E-state index in [-0.39, 0.29) is 5.82 Å². The van der Waals surface area contributed by atoms with Crippen molar-refractivity contribution in [3.05, 3.63) is 42.5 Å². The van der Waals surface area contributed by atoms with Gasteiger partial charge in [-0.3, -0.25) is 0 Å². The number of ether oxygens (including phenoxy) is 1. The zero-order valence-corrected chi connectivity index (χ0v) is 14.7. The SMILES string of the molecule is Fc1ccc(N2CC(F)C2)cc1-n1cc2cc(N3CCOCC3)cnc2n1. The molecule has 0 spiro atoms. The minimum Gasteiger partial charge on any atom is -0.378 e. The first-order chi connectivity index (χ1) is 13.2. The van der Waals surface area contributed by atoms with Crippen LogP contribution in [0.25, 0.3) is 16.7 Å². The van der Waals surface area contributed by atoms with E-state index in [0.29, 0.717) is 37.6 Å². The lowest BCUT2D eigenvalue weighted by Gasteiger charge is -2.36. The second-order valence-corrected chi connectivity index (χ2v) is 6.92. The van der Waals surface area contributed by atoms with Crippen molar-refractivity contribution in [1.82, 2.24) is 14.8 Å². The second kappa shape index (κ2) is 6.45. The van der Waals surface area contributed by atoms with Gasteiger partial charge in [-0.1, -0.05) is 0 Å². The summed E-state index contributed by atoms with van der Waals surface area (Å²) >= 11 is 0. The highest BCUT2D eigenvalue weighted by atomic mass is 19.1. The molecular weight excluding hydrogens is 352 g/mol. The maximum atomic E-state index is 14.4. The standard InChI is InChI=1S/C19H19F2N5O/c20-14-11-25(12-14)15-1-2-17(21)18(8-15)26-10-13-7-16(9-22-19(13)23-26)24-3-5-27-6-4-24/h1-2,7-10,14H,3-6,11-12H2. The van der Waals surface area contributed by atoms with Gasteiger partial charge in [0, 0.05) is 30.4 Å². The topological polar surface area (TPSA) is 46.4 Å². The van der Waals surface area contributed by atoms with Crippen LogP contribution in [0.4, 0.5) is 20.2 Å². The first-order valence-corrected chi connectivity index (χ1v) is 9.04. The predicted molar refractivity (Wildman–Crippen MR) is 99.0 cm³/mol. The van der Waals surface area contributed by atoms with Gasteiger partial charge in [0.1, 0.15) is 17.7 Å². The molecule has 0 amide bonds. The minimum atomic E-state index is -0.811. The Morgan fingerprint density at radius 3 is 2.63 bits per heavy atom. The van der Waals surface area contributed by atoms with Crippen LogP contribution in [0.2, 0.25) is 0 Å². The summed E-state index contributed by atoms with van der Waals surface area (Å²) in [7, 11) is 0. The fourth-order valence-electron chi connectivity index (χ4n) is 3.53. The molecule has 2 fully saturated rings. The number of pyridine rings is 1. The highest BCUT2D eigenvalue weighted by molar-refractivity contribution is 5.78. The fourth-order valence-corrected chi connectivity index (χ4v) is 3.53. The molecule has 2 aromatic heterocycles. The smallest absolute Gasteiger partial charge is 0.181 e. The normalized spacial score (nSPS) is 18.1. The monoisotopic (exact) mass is 371 g/mol. The molecule has 8 heteroatoms. The number of nitrogens with zero attached hydrogens (tertiary/aromatic N) is 5. The fraction of sp³-hybridized carbons (Fsp3) is 0.368. The Labute approximate surface area is 155 Å². The quantitative estimate of drug-likeness (QED) is 0.708. The van der Waals surface area contributed by atoms with E-state index < -0.39 is 6.17 Å². The van der Waals surface area contributed by atoms with Crippen molar-refractivity contribution < 1.29 is 13.5 Å². The van der Waals surface area contributed by atoms with E-state index in [1.807, 2.05) is 11.0 Å². The Bertz CT molecular complexity index is 979. The van der Waals surface area contributed by atoms with Crippen molar-refractivity contribution in [2.45, 2.75) is 6.17 Å². The largest absolute Gasteiger partial charge is 0.378 e. The van der Waals surface area contributed by atoms with Gasteiger partial charge in [-0.2, -0.15) is 0 Å². The molecule has 0 bridgehead atoms. The third kappa shape index (κ3) is 2.99. The number of hydrogen-bond acceptors (Lipinski definition) is 5. The first kappa shape index (κ1) is 16.4. The van der Waals surface area contributed by atoms with Crippen LogP contribution in [0.15, 0.2) is 36.7 Å². The van der Waals surface area contributed by atoms with E-state index >= 15 is 0 Å². The molecule has 0 atom stereocenters. The average Bonchev–Trinajstić information content (AvgIpc) is 3.10. The number of alkyl halides is 1. The molecule has 1 aromatic carbocycles. The van der Waals surface area contributed by atoms with Crippen LogP contribution in [-0.4, -0.2) is 60.3 Å². The number of morpholine rings is 1. The molecule has 4 heterocycles. The molecule has 2 aliphatic rings. The Morgan fingerprint density at radius 1 is 1.04 bits per heavy atom. The highest BCUT2D eigenvalue weighted by Crippen LogP contribution is 2.28. The number of aromatic nitrogens is 3. The van der Waals surface area contributed by atoms with E-state index in [9.17, 15) is 8.78 Å². The third-order valence-electron chi connectivity index (χ3n) is 5.10. The minimum absolute atomic E-state index is 0.334. The van der Waals surface area contributed by atoms with Crippen LogP contribution in [0.3, 0.4) is 0 Å². The van der Waals surface area contributed by atoms with E-state index in [0.717, 1.165) is 29.9 Å². The number of anilines is 2. The van der Waals surface area contributed by atoms with Gasteiger partial charge >= 0.3 is 0 Å². The molecule has 3 aromatic rings. The summed E-state index contributed by atoms with van der Waals surface area (Å²) in [6, 6.07) is 6.79. The number of benzene rings is 1. The molecule has 2 saturated heterocycles. The Hall–Kier alpha value is -2.74. The van der Waals surface area contributed by atoms with Gasteiger partial charge in [-0.25, -0.2) is 18.4 Å². The highest BCUT2D eigenvalue weighted by Gasteiger charge is 2.27. The Kier molecular flexibility index (Phi) is 3.93. The molecule has 5 rings (SSSR count). The molecule has 0 N–H and O–H groups in total. The van der Waals surface area contributed by atoms with Crippen LogP contribution in [0.5, 0.6) is 0 Å². The van der Waals surface area contributed by atoms with Gasteiger partial charge in [0.05, 0.1) is 38.2 Å². The maximum Gasteiger partial charge on any atom is 0.181 e. The van der Waals surface area contributed by atoms with Crippen molar-refractivity contribution in [3.63, 3.8) is 0 Å².